The van der Waals surface area contributed by atoms with E-state index in [2.05, 4.69) is 10.6 Å². The highest BCUT2D eigenvalue weighted by molar-refractivity contribution is 8.18. The minimum Gasteiger partial charge on any atom is -0.494 e. The fourth-order valence-corrected chi connectivity index (χ4v) is 4.63. The summed E-state index contributed by atoms with van der Waals surface area (Å²) in [6, 6.07) is 17.0. The second kappa shape index (κ2) is 13.1. The molecule has 0 saturated carbocycles. The Morgan fingerprint density at radius 1 is 1.00 bits per heavy atom. The average Bonchev–Trinajstić information content (AvgIpc) is 3.18. The molecule has 0 radical (unpaired) electrons. The molecule has 0 aliphatic carbocycles. The molecule has 1 saturated heterocycles. The van der Waals surface area contributed by atoms with E-state index in [1.807, 2.05) is 6.92 Å². The van der Waals surface area contributed by atoms with Crippen molar-refractivity contribution in [2.75, 3.05) is 30.4 Å². The third-order valence-corrected chi connectivity index (χ3v) is 6.59. The molecule has 3 aromatic rings. The maximum atomic E-state index is 13.7. The molecular weight excluding hydrogens is 561 g/mol. The van der Waals surface area contributed by atoms with Gasteiger partial charge in [0.15, 0.2) is 6.61 Å². The Morgan fingerprint density at radius 2 is 1.75 bits per heavy atom. The molecule has 0 bridgehead atoms. The van der Waals surface area contributed by atoms with Crippen LogP contribution in [0.3, 0.4) is 0 Å². The molecule has 1 heterocycles. The number of ether oxygens (including phenoxy) is 2. The van der Waals surface area contributed by atoms with Crippen LogP contribution < -0.4 is 20.1 Å². The number of anilines is 2. The summed E-state index contributed by atoms with van der Waals surface area (Å²) in [4.78, 5) is 50.8. The molecule has 2 N–H and O–H groups in total. The second-order valence-electron chi connectivity index (χ2n) is 8.28. The van der Waals surface area contributed by atoms with E-state index < -0.39 is 41.9 Å². The largest absolute Gasteiger partial charge is 0.494 e. The minimum absolute atomic E-state index is 0.0279. The Hall–Kier alpha value is -4.35. The van der Waals surface area contributed by atoms with Gasteiger partial charge in [0.2, 0.25) is 5.91 Å². The molecule has 1 fully saturated rings. The molecule has 4 amide bonds. The van der Waals surface area contributed by atoms with E-state index in [9.17, 15) is 23.6 Å². The van der Waals surface area contributed by atoms with Gasteiger partial charge in [-0.1, -0.05) is 29.8 Å². The van der Waals surface area contributed by atoms with Crippen LogP contribution >= 0.6 is 23.4 Å². The van der Waals surface area contributed by atoms with Gasteiger partial charge in [0.1, 0.15) is 23.9 Å². The van der Waals surface area contributed by atoms with Gasteiger partial charge in [0.05, 0.1) is 22.2 Å². The lowest BCUT2D eigenvalue weighted by Gasteiger charge is -2.13. The molecule has 206 valence electrons. The van der Waals surface area contributed by atoms with Crippen LogP contribution in [0.5, 0.6) is 11.5 Å². The Labute approximate surface area is 238 Å². The van der Waals surface area contributed by atoms with Crippen molar-refractivity contribution in [2.24, 2.45) is 0 Å². The van der Waals surface area contributed by atoms with Crippen molar-refractivity contribution >= 4 is 63.8 Å². The maximum absolute atomic E-state index is 13.7. The lowest BCUT2D eigenvalue weighted by atomic mass is 10.2. The van der Waals surface area contributed by atoms with Crippen LogP contribution in [0.1, 0.15) is 12.5 Å². The molecule has 1 aliphatic heterocycles. The first-order valence-electron chi connectivity index (χ1n) is 12.0. The number of imide groups is 1. The van der Waals surface area contributed by atoms with Gasteiger partial charge in [-0.05, 0) is 78.9 Å². The van der Waals surface area contributed by atoms with E-state index in [1.54, 1.807) is 36.4 Å². The monoisotopic (exact) mass is 583 g/mol. The maximum Gasteiger partial charge on any atom is 0.294 e. The van der Waals surface area contributed by atoms with Crippen LogP contribution in [0.4, 0.5) is 20.6 Å². The number of thioether (sulfide) groups is 1. The second-order valence-corrected chi connectivity index (χ2v) is 9.68. The van der Waals surface area contributed by atoms with Crippen molar-refractivity contribution < 1.29 is 33.0 Å². The summed E-state index contributed by atoms with van der Waals surface area (Å²) in [5.74, 6) is -1.45. The van der Waals surface area contributed by atoms with E-state index in [4.69, 9.17) is 21.1 Å². The molecular formula is C28H23ClFN3O6S. The summed E-state index contributed by atoms with van der Waals surface area (Å²) >= 11 is 6.98. The first kappa shape index (κ1) is 28.7. The van der Waals surface area contributed by atoms with Gasteiger partial charge in [-0.2, -0.15) is 0 Å². The van der Waals surface area contributed by atoms with Gasteiger partial charge >= 0.3 is 0 Å². The highest BCUT2D eigenvalue weighted by atomic mass is 35.5. The number of hydrogen-bond acceptors (Lipinski definition) is 7. The van der Waals surface area contributed by atoms with Crippen LogP contribution in [0.2, 0.25) is 5.02 Å². The number of carbonyl (C=O) groups is 4. The summed E-state index contributed by atoms with van der Waals surface area (Å²) in [7, 11) is 0. The Bertz CT molecular complexity index is 1480. The molecule has 4 rings (SSSR count). The van der Waals surface area contributed by atoms with Crippen LogP contribution in [0, 0.1) is 5.82 Å². The topological polar surface area (TPSA) is 114 Å². The lowest BCUT2D eigenvalue weighted by Crippen LogP contribution is -2.36. The highest BCUT2D eigenvalue weighted by Crippen LogP contribution is 2.34. The Balaban J connectivity index is 1.33. The zero-order valence-electron chi connectivity index (χ0n) is 21.1. The molecule has 0 aromatic heterocycles. The van der Waals surface area contributed by atoms with Gasteiger partial charge in [-0.3, -0.25) is 24.1 Å². The smallest absolute Gasteiger partial charge is 0.294 e. The predicted molar refractivity (Wildman–Crippen MR) is 151 cm³/mol. The molecule has 12 heteroatoms. The minimum atomic E-state index is -0.613. The van der Waals surface area contributed by atoms with Crippen LogP contribution in [-0.4, -0.2) is 47.6 Å². The zero-order valence-corrected chi connectivity index (χ0v) is 22.7. The number of nitrogens with zero attached hydrogens (tertiary/aromatic N) is 1. The zero-order chi connectivity index (χ0) is 28.6. The van der Waals surface area contributed by atoms with Gasteiger partial charge in [-0.25, -0.2) is 4.39 Å². The van der Waals surface area contributed by atoms with Crippen molar-refractivity contribution in [1.29, 1.82) is 0 Å². The van der Waals surface area contributed by atoms with Crippen molar-refractivity contribution in [3.05, 3.63) is 88.0 Å². The molecule has 1 aliphatic rings. The SMILES string of the molecule is CCOc1ccc(NC(=O)CN2C(=O)S/C(=C\c3ccc(OCC(=O)Nc4ccccc4F)c(Cl)c3)C2=O)cc1. The van der Waals surface area contributed by atoms with E-state index >= 15 is 0 Å². The summed E-state index contributed by atoms with van der Waals surface area (Å²) in [5, 5.41) is 4.63. The average molecular weight is 584 g/mol. The lowest BCUT2D eigenvalue weighted by molar-refractivity contribution is -0.127. The van der Waals surface area contributed by atoms with E-state index in [1.165, 1.54) is 36.4 Å². The molecule has 9 nitrogen and oxygen atoms in total. The summed E-state index contributed by atoms with van der Waals surface area (Å²) in [6.07, 6.45) is 1.47. The number of halogens is 2. The molecule has 3 aromatic carbocycles. The fourth-order valence-electron chi connectivity index (χ4n) is 3.55. The molecule has 0 unspecified atom stereocenters. The van der Waals surface area contributed by atoms with Crippen molar-refractivity contribution in [3.8, 4) is 11.5 Å². The first-order valence-corrected chi connectivity index (χ1v) is 13.2. The molecule has 40 heavy (non-hydrogen) atoms. The van der Waals surface area contributed by atoms with E-state index in [0.717, 1.165) is 4.90 Å². The third-order valence-electron chi connectivity index (χ3n) is 5.38. The number of amides is 4. The van der Waals surface area contributed by atoms with Crippen LogP contribution in [0.25, 0.3) is 6.08 Å². The van der Waals surface area contributed by atoms with Crippen molar-refractivity contribution in [3.63, 3.8) is 0 Å². The number of rotatable bonds is 10. The van der Waals surface area contributed by atoms with Crippen molar-refractivity contribution in [1.82, 2.24) is 4.90 Å². The summed E-state index contributed by atoms with van der Waals surface area (Å²) < 4.78 is 24.5. The Morgan fingerprint density at radius 3 is 2.45 bits per heavy atom. The van der Waals surface area contributed by atoms with Gasteiger partial charge in [0, 0.05) is 5.69 Å². The number of nitrogens with one attached hydrogen (secondary N) is 2. The van der Waals surface area contributed by atoms with E-state index in [0.29, 0.717) is 35.4 Å². The van der Waals surface area contributed by atoms with Gasteiger partial charge in [0.25, 0.3) is 17.1 Å². The van der Waals surface area contributed by atoms with Crippen molar-refractivity contribution in [2.45, 2.75) is 6.92 Å². The van der Waals surface area contributed by atoms with Crippen LogP contribution in [0.15, 0.2) is 71.6 Å². The molecule has 0 atom stereocenters. The standard InChI is InChI=1S/C28H23ClFN3O6S/c1-2-38-19-10-8-18(9-11-19)31-25(34)15-33-27(36)24(40-28(33)37)14-17-7-12-23(20(29)13-17)39-16-26(35)32-22-6-4-3-5-21(22)30/h3-14H,2,15-16H2,1H3,(H,31,34)(H,32,35)/b24-14-. The van der Waals surface area contributed by atoms with E-state index in [-0.39, 0.29) is 21.4 Å². The number of benzene rings is 3. The summed E-state index contributed by atoms with van der Waals surface area (Å²) in [6.45, 7) is 1.52. The van der Waals surface area contributed by atoms with Gasteiger partial charge < -0.3 is 20.1 Å². The normalized spacial score (nSPS) is 13.9. The number of para-hydroxylation sites is 1. The van der Waals surface area contributed by atoms with Gasteiger partial charge in [-0.15, -0.1) is 0 Å². The highest BCUT2D eigenvalue weighted by Gasteiger charge is 2.36. The first-order chi connectivity index (χ1) is 19.2. The van der Waals surface area contributed by atoms with Crippen LogP contribution in [-0.2, 0) is 14.4 Å². The predicted octanol–water partition coefficient (Wildman–Crippen LogP) is 5.57. The molecule has 0 spiro atoms. The number of carbonyl (C=O) groups excluding carboxylic acids is 4. The number of hydrogen-bond donors (Lipinski definition) is 2. The Kier molecular flexibility index (Phi) is 9.41. The fraction of sp³-hybridized carbons (Fsp3) is 0.143. The quantitative estimate of drug-likeness (QED) is 0.300. The third kappa shape index (κ3) is 7.39. The summed E-state index contributed by atoms with van der Waals surface area (Å²) in [5.41, 5.74) is 1.02.